The van der Waals surface area contributed by atoms with Gasteiger partial charge in [0.15, 0.2) is 0 Å². The molecular weight excluding hydrogens is 204 g/mol. The molecule has 0 spiro atoms. The summed E-state index contributed by atoms with van der Waals surface area (Å²) in [4.78, 5) is 0. The molecule has 0 amide bonds. The third-order valence-electron chi connectivity index (χ3n) is 2.45. The summed E-state index contributed by atoms with van der Waals surface area (Å²) < 4.78 is 7.21. The monoisotopic (exact) mass is 220 g/mol. The van der Waals surface area contributed by atoms with Crippen molar-refractivity contribution in [2.75, 3.05) is 0 Å². The van der Waals surface area contributed by atoms with Gasteiger partial charge in [-0.05, 0) is 25.5 Å². The van der Waals surface area contributed by atoms with Crippen LogP contribution in [0.1, 0.15) is 36.5 Å². The Morgan fingerprint density at radius 1 is 1.50 bits per heavy atom. The second-order valence-electron chi connectivity index (χ2n) is 3.89. The molecule has 0 aliphatic heterocycles. The molecule has 1 N–H and O–H groups in total. The summed E-state index contributed by atoms with van der Waals surface area (Å²) in [7, 11) is 0. The first-order valence-electron chi connectivity index (χ1n) is 5.47. The summed E-state index contributed by atoms with van der Waals surface area (Å²) in [5.41, 5.74) is 0.766. The number of aliphatic hydroxyl groups is 1. The quantitative estimate of drug-likeness (QED) is 0.860. The Labute approximate surface area is 94.5 Å². The zero-order valence-corrected chi connectivity index (χ0v) is 9.55. The average molecular weight is 220 g/mol. The number of furan rings is 1. The predicted molar refractivity (Wildman–Crippen MR) is 60.0 cm³/mol. The molecule has 2 aromatic rings. The lowest BCUT2D eigenvalue weighted by molar-refractivity contribution is 0.187. The lowest BCUT2D eigenvalue weighted by atomic mass is 10.1. The average Bonchev–Trinajstić information content (AvgIpc) is 2.87. The Morgan fingerprint density at radius 3 is 2.94 bits per heavy atom. The highest BCUT2D eigenvalue weighted by molar-refractivity contribution is 5.20. The van der Waals surface area contributed by atoms with Gasteiger partial charge in [-0.2, -0.15) is 5.10 Å². The van der Waals surface area contributed by atoms with Crippen LogP contribution in [0, 0.1) is 6.92 Å². The summed E-state index contributed by atoms with van der Waals surface area (Å²) >= 11 is 0. The highest BCUT2D eigenvalue weighted by atomic mass is 16.4. The van der Waals surface area contributed by atoms with E-state index < -0.39 is 6.10 Å². The van der Waals surface area contributed by atoms with E-state index in [1.54, 1.807) is 12.3 Å². The van der Waals surface area contributed by atoms with Gasteiger partial charge in [0, 0.05) is 18.3 Å². The molecule has 1 atom stereocenters. The van der Waals surface area contributed by atoms with Crippen LogP contribution in [-0.4, -0.2) is 14.9 Å². The Kier molecular flexibility index (Phi) is 3.10. The van der Waals surface area contributed by atoms with Crippen molar-refractivity contribution >= 4 is 0 Å². The highest BCUT2D eigenvalue weighted by Gasteiger charge is 2.15. The van der Waals surface area contributed by atoms with Crippen molar-refractivity contribution in [2.24, 2.45) is 0 Å². The topological polar surface area (TPSA) is 51.2 Å². The van der Waals surface area contributed by atoms with Crippen LogP contribution in [0.25, 0.3) is 0 Å². The number of aryl methyl sites for hydroxylation is 2. The summed E-state index contributed by atoms with van der Waals surface area (Å²) in [6.45, 7) is 4.81. The van der Waals surface area contributed by atoms with E-state index in [4.69, 9.17) is 4.42 Å². The van der Waals surface area contributed by atoms with E-state index in [2.05, 4.69) is 12.0 Å². The second kappa shape index (κ2) is 4.53. The van der Waals surface area contributed by atoms with Gasteiger partial charge in [0.05, 0.1) is 6.20 Å². The van der Waals surface area contributed by atoms with Crippen LogP contribution in [0.15, 0.2) is 28.9 Å². The zero-order chi connectivity index (χ0) is 11.5. The molecule has 0 aromatic carbocycles. The molecule has 0 fully saturated rings. The summed E-state index contributed by atoms with van der Waals surface area (Å²) in [5.74, 6) is 1.36. The Morgan fingerprint density at radius 2 is 2.31 bits per heavy atom. The van der Waals surface area contributed by atoms with Crippen molar-refractivity contribution in [3.8, 4) is 0 Å². The van der Waals surface area contributed by atoms with Crippen LogP contribution >= 0.6 is 0 Å². The van der Waals surface area contributed by atoms with Crippen molar-refractivity contribution in [1.29, 1.82) is 0 Å². The van der Waals surface area contributed by atoms with Gasteiger partial charge in [0.25, 0.3) is 0 Å². The van der Waals surface area contributed by atoms with E-state index in [1.165, 1.54) is 0 Å². The molecule has 0 saturated heterocycles. The van der Waals surface area contributed by atoms with Gasteiger partial charge in [-0.3, -0.25) is 4.68 Å². The third-order valence-corrected chi connectivity index (χ3v) is 2.45. The predicted octanol–water partition coefficient (Wildman–Crippen LogP) is 2.28. The van der Waals surface area contributed by atoms with Gasteiger partial charge in [0.1, 0.15) is 17.6 Å². The minimum atomic E-state index is -0.723. The van der Waals surface area contributed by atoms with E-state index in [0.29, 0.717) is 5.76 Å². The van der Waals surface area contributed by atoms with Gasteiger partial charge < -0.3 is 9.52 Å². The zero-order valence-electron chi connectivity index (χ0n) is 9.55. The maximum absolute atomic E-state index is 10.0. The first-order chi connectivity index (χ1) is 7.70. The Balaban J connectivity index is 2.17. The minimum Gasteiger partial charge on any atom is -0.463 e. The van der Waals surface area contributed by atoms with Crippen LogP contribution in [0.2, 0.25) is 0 Å². The maximum atomic E-state index is 10.0. The van der Waals surface area contributed by atoms with Crippen LogP contribution < -0.4 is 0 Å². The van der Waals surface area contributed by atoms with Crippen molar-refractivity contribution in [3.05, 3.63) is 41.6 Å². The van der Waals surface area contributed by atoms with Gasteiger partial charge in [-0.25, -0.2) is 0 Å². The summed E-state index contributed by atoms with van der Waals surface area (Å²) in [5, 5.41) is 14.2. The molecule has 2 aromatic heterocycles. The minimum absolute atomic E-state index is 0.563. The molecule has 86 valence electrons. The molecule has 2 heterocycles. The lowest BCUT2D eigenvalue weighted by Crippen LogP contribution is -1.98. The van der Waals surface area contributed by atoms with Crippen LogP contribution in [-0.2, 0) is 6.54 Å². The maximum Gasteiger partial charge on any atom is 0.140 e. The fourth-order valence-corrected chi connectivity index (χ4v) is 1.64. The van der Waals surface area contributed by atoms with Gasteiger partial charge in [0.2, 0.25) is 0 Å². The van der Waals surface area contributed by atoms with Crippen molar-refractivity contribution in [1.82, 2.24) is 9.78 Å². The Bertz CT molecular complexity index is 459. The SMILES string of the molecule is CCCn1cc(C(O)c2ccc(C)o2)cn1. The number of hydrogen-bond acceptors (Lipinski definition) is 3. The van der Waals surface area contributed by atoms with Crippen molar-refractivity contribution in [3.63, 3.8) is 0 Å². The van der Waals surface area contributed by atoms with Crippen LogP contribution in [0.5, 0.6) is 0 Å². The molecule has 2 rings (SSSR count). The molecule has 16 heavy (non-hydrogen) atoms. The van der Waals surface area contributed by atoms with E-state index in [1.807, 2.05) is 23.9 Å². The molecular formula is C12H16N2O2. The summed E-state index contributed by atoms with van der Waals surface area (Å²) in [6.07, 6.45) is 3.83. The standard InChI is InChI=1S/C12H16N2O2/c1-3-6-14-8-10(7-13-14)12(15)11-5-4-9(2)16-11/h4-5,7-8,12,15H,3,6H2,1-2H3. The summed E-state index contributed by atoms with van der Waals surface area (Å²) in [6, 6.07) is 3.63. The number of aliphatic hydroxyl groups excluding tert-OH is 1. The highest BCUT2D eigenvalue weighted by Crippen LogP contribution is 2.23. The van der Waals surface area contributed by atoms with Gasteiger partial charge in [-0.1, -0.05) is 6.92 Å². The number of aromatic nitrogens is 2. The van der Waals surface area contributed by atoms with E-state index in [0.717, 1.165) is 24.3 Å². The molecule has 0 aliphatic rings. The molecule has 0 radical (unpaired) electrons. The fraction of sp³-hybridized carbons (Fsp3) is 0.417. The molecule has 1 unspecified atom stereocenters. The number of rotatable bonds is 4. The molecule has 4 nitrogen and oxygen atoms in total. The van der Waals surface area contributed by atoms with Gasteiger partial charge in [-0.15, -0.1) is 0 Å². The van der Waals surface area contributed by atoms with Gasteiger partial charge >= 0.3 is 0 Å². The Hall–Kier alpha value is -1.55. The lowest BCUT2D eigenvalue weighted by Gasteiger charge is -2.03. The number of hydrogen-bond donors (Lipinski definition) is 1. The van der Waals surface area contributed by atoms with E-state index in [-0.39, 0.29) is 0 Å². The number of nitrogens with zero attached hydrogens (tertiary/aromatic N) is 2. The van der Waals surface area contributed by atoms with E-state index >= 15 is 0 Å². The molecule has 0 bridgehead atoms. The van der Waals surface area contributed by atoms with Crippen LogP contribution in [0.3, 0.4) is 0 Å². The normalized spacial score (nSPS) is 12.9. The van der Waals surface area contributed by atoms with Crippen molar-refractivity contribution in [2.45, 2.75) is 32.9 Å². The first kappa shape index (κ1) is 11.0. The smallest absolute Gasteiger partial charge is 0.140 e. The van der Waals surface area contributed by atoms with Crippen molar-refractivity contribution < 1.29 is 9.52 Å². The fourth-order valence-electron chi connectivity index (χ4n) is 1.64. The third kappa shape index (κ3) is 2.17. The largest absolute Gasteiger partial charge is 0.463 e. The van der Waals surface area contributed by atoms with Crippen LogP contribution in [0.4, 0.5) is 0 Å². The first-order valence-corrected chi connectivity index (χ1v) is 5.47. The molecule has 0 aliphatic carbocycles. The molecule has 0 saturated carbocycles. The second-order valence-corrected chi connectivity index (χ2v) is 3.89. The molecule has 4 heteroatoms. The van der Waals surface area contributed by atoms with E-state index in [9.17, 15) is 5.11 Å².